The van der Waals surface area contributed by atoms with Gasteiger partial charge in [0.1, 0.15) is 0 Å². The normalized spacial score (nSPS) is 11.4. The molecule has 28 heavy (non-hydrogen) atoms. The van der Waals surface area contributed by atoms with Crippen molar-refractivity contribution >= 4 is 39.7 Å². The molecule has 5 heteroatoms. The van der Waals surface area contributed by atoms with Crippen molar-refractivity contribution in [2.24, 2.45) is 0 Å². The first-order valence-corrected chi connectivity index (χ1v) is 12.4. The van der Waals surface area contributed by atoms with Crippen LogP contribution in [0, 0.1) is 13.8 Å². The first kappa shape index (κ1) is 28.1. The van der Waals surface area contributed by atoms with Crippen LogP contribution in [-0.4, -0.2) is 44.6 Å². The predicted molar refractivity (Wildman–Crippen MR) is 122 cm³/mol. The van der Waals surface area contributed by atoms with Crippen molar-refractivity contribution in [1.29, 1.82) is 0 Å². The van der Waals surface area contributed by atoms with Gasteiger partial charge in [0, 0.05) is 0 Å². The van der Waals surface area contributed by atoms with Gasteiger partial charge in [0.05, 0.1) is 11.5 Å². The van der Waals surface area contributed by atoms with Gasteiger partial charge < -0.3 is 0 Å². The number of rotatable bonds is 16. The number of hydrogen-bond acceptors (Lipinski definition) is 3. The molecular formula is C23H41NaO3S. The van der Waals surface area contributed by atoms with Crippen molar-refractivity contribution in [2.45, 2.75) is 109 Å². The summed E-state index contributed by atoms with van der Waals surface area (Å²) in [5.74, 6) is 0. The average molecular weight is 421 g/mol. The van der Waals surface area contributed by atoms with Crippen molar-refractivity contribution in [2.75, 3.05) is 6.61 Å². The Hall–Kier alpha value is 0.130. The summed E-state index contributed by atoms with van der Waals surface area (Å²) in [5.41, 5.74) is 1.75. The zero-order chi connectivity index (χ0) is 20.0. The summed E-state index contributed by atoms with van der Waals surface area (Å²) < 4.78 is 29.8. The summed E-state index contributed by atoms with van der Waals surface area (Å²) in [4.78, 5) is 0.303. The Morgan fingerprint density at radius 2 is 1.21 bits per heavy atom. The van der Waals surface area contributed by atoms with Crippen molar-refractivity contribution in [3.8, 4) is 0 Å². The van der Waals surface area contributed by atoms with Crippen molar-refractivity contribution in [3.05, 3.63) is 29.3 Å². The number of benzene rings is 1. The first-order valence-electron chi connectivity index (χ1n) is 10.9. The molecule has 0 heterocycles. The fourth-order valence-corrected chi connectivity index (χ4v) is 4.59. The van der Waals surface area contributed by atoms with E-state index >= 15 is 0 Å². The first-order chi connectivity index (χ1) is 13.0. The van der Waals surface area contributed by atoms with Crippen LogP contribution in [0.4, 0.5) is 0 Å². The van der Waals surface area contributed by atoms with E-state index in [4.69, 9.17) is 4.18 Å². The van der Waals surface area contributed by atoms with Crippen LogP contribution >= 0.6 is 0 Å². The van der Waals surface area contributed by atoms with E-state index in [1.54, 1.807) is 12.1 Å². The van der Waals surface area contributed by atoms with Crippen LogP contribution in [0.3, 0.4) is 0 Å². The summed E-state index contributed by atoms with van der Waals surface area (Å²) in [6.45, 7) is 6.29. The molecule has 0 fully saturated rings. The van der Waals surface area contributed by atoms with Gasteiger partial charge in [-0.1, -0.05) is 96.1 Å². The van der Waals surface area contributed by atoms with Crippen LogP contribution in [0.1, 0.15) is 102 Å². The zero-order valence-corrected chi connectivity index (χ0v) is 18.6. The summed E-state index contributed by atoms with van der Waals surface area (Å²) in [7, 11) is -3.63. The zero-order valence-electron chi connectivity index (χ0n) is 17.8. The van der Waals surface area contributed by atoms with Crippen LogP contribution in [0.15, 0.2) is 23.1 Å². The van der Waals surface area contributed by atoms with Crippen LogP contribution < -0.4 is 0 Å². The SMILES string of the molecule is CCCCCCCCCCCCCCCOS(=O)(=O)c1cccc(C)c1C.[NaH]. The monoisotopic (exact) mass is 420 g/mol. The summed E-state index contributed by atoms with van der Waals surface area (Å²) in [6.07, 6.45) is 16.6. The fourth-order valence-electron chi connectivity index (χ4n) is 3.35. The van der Waals surface area contributed by atoms with Crippen molar-refractivity contribution in [3.63, 3.8) is 0 Å². The predicted octanol–water partition coefficient (Wildman–Crippen LogP) is 6.45. The molecule has 158 valence electrons. The van der Waals surface area contributed by atoms with Gasteiger partial charge in [-0.2, -0.15) is 8.42 Å². The second-order valence-electron chi connectivity index (χ2n) is 7.72. The molecule has 0 aliphatic carbocycles. The topological polar surface area (TPSA) is 43.4 Å². The second-order valence-corrected chi connectivity index (χ2v) is 9.30. The minimum absolute atomic E-state index is 0. The van der Waals surface area contributed by atoms with E-state index in [0.717, 1.165) is 24.0 Å². The number of hydrogen-bond donors (Lipinski definition) is 0. The Morgan fingerprint density at radius 1 is 0.750 bits per heavy atom. The molecule has 0 N–H and O–H groups in total. The maximum atomic E-state index is 12.3. The molecule has 0 saturated heterocycles. The second kappa shape index (κ2) is 16.9. The number of unbranched alkanes of at least 4 members (excludes halogenated alkanes) is 12. The maximum absolute atomic E-state index is 12.3. The molecule has 0 bridgehead atoms. The van der Waals surface area contributed by atoms with Gasteiger partial charge >= 0.3 is 29.6 Å². The minimum atomic E-state index is -3.63. The Kier molecular flexibility index (Phi) is 17.0. The molecule has 1 aromatic rings. The van der Waals surface area contributed by atoms with E-state index in [0.29, 0.717) is 4.90 Å². The van der Waals surface area contributed by atoms with Gasteiger partial charge in [0.15, 0.2) is 0 Å². The third kappa shape index (κ3) is 12.0. The van der Waals surface area contributed by atoms with Gasteiger partial charge in [-0.05, 0) is 37.5 Å². The van der Waals surface area contributed by atoms with Crippen LogP contribution in [0.2, 0.25) is 0 Å². The molecule has 0 aliphatic heterocycles. The molecule has 0 atom stereocenters. The average Bonchev–Trinajstić information content (AvgIpc) is 2.64. The number of aryl methyl sites for hydroxylation is 1. The van der Waals surface area contributed by atoms with E-state index in [1.165, 1.54) is 70.6 Å². The molecule has 1 aromatic carbocycles. The van der Waals surface area contributed by atoms with E-state index in [9.17, 15) is 8.42 Å². The van der Waals surface area contributed by atoms with Gasteiger partial charge in [-0.3, -0.25) is 4.18 Å². The molecule has 0 amide bonds. The molecule has 0 aliphatic rings. The Balaban J connectivity index is 0.00000729. The van der Waals surface area contributed by atoms with Crippen LogP contribution in [0.5, 0.6) is 0 Å². The molecule has 1 rings (SSSR count). The van der Waals surface area contributed by atoms with Crippen molar-refractivity contribution in [1.82, 2.24) is 0 Å². The van der Waals surface area contributed by atoms with E-state index < -0.39 is 10.1 Å². The van der Waals surface area contributed by atoms with Gasteiger partial charge in [0.25, 0.3) is 10.1 Å². The Bertz CT molecular complexity index is 614. The quantitative estimate of drug-likeness (QED) is 0.175. The van der Waals surface area contributed by atoms with E-state index in [2.05, 4.69) is 6.92 Å². The Labute approximate surface area is 196 Å². The van der Waals surface area contributed by atoms with Crippen LogP contribution in [0.25, 0.3) is 0 Å². The van der Waals surface area contributed by atoms with Gasteiger partial charge in [0.2, 0.25) is 0 Å². The Morgan fingerprint density at radius 3 is 1.71 bits per heavy atom. The molecule has 0 radical (unpaired) electrons. The molecular weight excluding hydrogens is 379 g/mol. The molecule has 0 aromatic heterocycles. The standard InChI is InChI=1S/C23H40O3S.Na.H/c1-4-5-6-7-8-9-10-11-12-13-14-15-16-20-26-27(24,25)23-19-17-18-21(2)22(23)3;;/h17-19H,4-16,20H2,1-3H3;;. The molecule has 0 spiro atoms. The van der Waals surface area contributed by atoms with Crippen LogP contribution in [-0.2, 0) is 14.3 Å². The molecule has 0 saturated carbocycles. The van der Waals surface area contributed by atoms with Gasteiger partial charge in [-0.25, -0.2) is 0 Å². The molecule has 3 nitrogen and oxygen atoms in total. The summed E-state index contributed by atoms with van der Waals surface area (Å²) in [6, 6.07) is 5.31. The van der Waals surface area contributed by atoms with E-state index in [1.807, 2.05) is 19.9 Å². The third-order valence-electron chi connectivity index (χ3n) is 5.31. The summed E-state index contributed by atoms with van der Waals surface area (Å²) >= 11 is 0. The van der Waals surface area contributed by atoms with Gasteiger partial charge in [-0.15, -0.1) is 0 Å². The fraction of sp³-hybridized carbons (Fsp3) is 0.739. The molecule has 0 unspecified atom stereocenters. The van der Waals surface area contributed by atoms with Crippen molar-refractivity contribution < 1.29 is 12.6 Å². The summed E-state index contributed by atoms with van der Waals surface area (Å²) in [5, 5.41) is 0. The third-order valence-corrected chi connectivity index (χ3v) is 6.77. The van der Waals surface area contributed by atoms with E-state index in [-0.39, 0.29) is 36.2 Å².